The van der Waals surface area contributed by atoms with E-state index in [0.717, 1.165) is 23.9 Å². The van der Waals surface area contributed by atoms with E-state index in [0.29, 0.717) is 11.3 Å². The first kappa shape index (κ1) is 13.5. The Kier molecular flexibility index (Phi) is 5.28. The van der Waals surface area contributed by atoms with Crippen molar-refractivity contribution in [1.82, 2.24) is 20.1 Å². The van der Waals surface area contributed by atoms with Crippen LogP contribution in [0.5, 0.6) is 0 Å². The predicted octanol–water partition coefficient (Wildman–Crippen LogP) is 1.99. The Labute approximate surface area is 102 Å². The van der Waals surface area contributed by atoms with E-state index >= 15 is 0 Å². The molecule has 0 saturated carbocycles. The average molecular weight is 242 g/mol. The van der Waals surface area contributed by atoms with Crippen LogP contribution in [0.25, 0.3) is 0 Å². The summed E-state index contributed by atoms with van der Waals surface area (Å²) < 4.78 is 2.04. The van der Waals surface area contributed by atoms with Crippen molar-refractivity contribution < 1.29 is 0 Å². The molecule has 0 saturated heterocycles. The highest BCUT2D eigenvalue weighted by Gasteiger charge is 2.13. The van der Waals surface area contributed by atoms with Gasteiger partial charge in [0.15, 0.2) is 5.16 Å². The van der Waals surface area contributed by atoms with E-state index in [2.05, 4.69) is 36.3 Å². The van der Waals surface area contributed by atoms with Crippen molar-refractivity contribution >= 4 is 11.8 Å². The number of hydrogen-bond acceptors (Lipinski definition) is 4. The van der Waals surface area contributed by atoms with Gasteiger partial charge in [-0.05, 0) is 26.8 Å². The summed E-state index contributed by atoms with van der Waals surface area (Å²) in [5.74, 6) is 0.967. The van der Waals surface area contributed by atoms with Gasteiger partial charge in [0.25, 0.3) is 0 Å². The third-order valence-electron chi connectivity index (χ3n) is 2.60. The largest absolute Gasteiger partial charge is 0.314 e. The molecule has 2 unspecified atom stereocenters. The number of rotatable bonds is 6. The van der Waals surface area contributed by atoms with Crippen LogP contribution in [0.15, 0.2) is 5.16 Å². The van der Waals surface area contributed by atoms with Crippen LogP contribution >= 0.6 is 11.8 Å². The summed E-state index contributed by atoms with van der Waals surface area (Å²) in [6.07, 6.45) is 1.14. The van der Waals surface area contributed by atoms with E-state index in [1.807, 2.05) is 18.5 Å². The molecule has 1 N–H and O–H groups in total. The van der Waals surface area contributed by atoms with E-state index in [1.165, 1.54) is 0 Å². The maximum Gasteiger partial charge on any atom is 0.191 e. The molecule has 0 radical (unpaired) electrons. The van der Waals surface area contributed by atoms with Crippen LogP contribution in [-0.2, 0) is 7.05 Å². The average Bonchev–Trinajstić information content (AvgIpc) is 2.50. The minimum absolute atomic E-state index is 0.552. The fraction of sp³-hybridized carbons (Fsp3) is 0.818. The summed E-state index contributed by atoms with van der Waals surface area (Å²) >= 11 is 1.79. The minimum atomic E-state index is 0.552. The van der Waals surface area contributed by atoms with Gasteiger partial charge in [-0.25, -0.2) is 0 Å². The highest BCUT2D eigenvalue weighted by atomic mass is 32.2. The number of thioether (sulfide) groups is 1. The zero-order valence-electron chi connectivity index (χ0n) is 10.8. The Morgan fingerprint density at radius 2 is 2.06 bits per heavy atom. The van der Waals surface area contributed by atoms with Crippen LogP contribution in [-0.4, -0.2) is 32.6 Å². The maximum atomic E-state index is 4.16. The van der Waals surface area contributed by atoms with Gasteiger partial charge in [0, 0.05) is 18.3 Å². The predicted molar refractivity (Wildman–Crippen MR) is 68.8 cm³/mol. The fourth-order valence-corrected chi connectivity index (χ4v) is 2.77. The molecule has 2 atom stereocenters. The fourth-order valence-electron chi connectivity index (χ4n) is 1.65. The van der Waals surface area contributed by atoms with E-state index in [4.69, 9.17) is 0 Å². The third-order valence-corrected chi connectivity index (χ3v) is 3.76. The molecule has 1 heterocycles. The molecule has 0 fully saturated rings. The first-order valence-corrected chi connectivity index (χ1v) is 6.68. The van der Waals surface area contributed by atoms with Crippen molar-refractivity contribution in [2.75, 3.05) is 6.54 Å². The third kappa shape index (κ3) is 3.79. The molecule has 16 heavy (non-hydrogen) atoms. The van der Waals surface area contributed by atoms with E-state index < -0.39 is 0 Å². The van der Waals surface area contributed by atoms with Crippen molar-refractivity contribution in [1.29, 1.82) is 0 Å². The second-order valence-corrected chi connectivity index (χ2v) is 5.62. The lowest BCUT2D eigenvalue weighted by Crippen LogP contribution is -2.28. The molecule has 92 valence electrons. The molecule has 0 aliphatic heterocycles. The maximum absolute atomic E-state index is 4.16. The van der Waals surface area contributed by atoms with E-state index in [9.17, 15) is 0 Å². The molecule has 1 aromatic heterocycles. The Morgan fingerprint density at radius 3 is 2.56 bits per heavy atom. The second kappa shape index (κ2) is 6.25. The zero-order chi connectivity index (χ0) is 12.1. The first-order valence-electron chi connectivity index (χ1n) is 5.80. The molecular formula is C11H22N4S. The molecule has 0 spiro atoms. The van der Waals surface area contributed by atoms with Crippen LogP contribution in [0.4, 0.5) is 0 Å². The minimum Gasteiger partial charge on any atom is -0.314 e. The Balaban J connectivity index is 2.45. The lowest BCUT2D eigenvalue weighted by molar-refractivity contribution is 0.529. The van der Waals surface area contributed by atoms with Gasteiger partial charge in [0.05, 0.1) is 0 Å². The van der Waals surface area contributed by atoms with Gasteiger partial charge in [-0.15, -0.1) is 10.2 Å². The molecule has 0 aromatic carbocycles. The molecule has 0 aliphatic rings. The molecule has 1 rings (SSSR count). The first-order chi connectivity index (χ1) is 7.54. The number of hydrogen-bond donors (Lipinski definition) is 1. The van der Waals surface area contributed by atoms with E-state index in [-0.39, 0.29) is 0 Å². The van der Waals surface area contributed by atoms with Crippen LogP contribution in [0.2, 0.25) is 0 Å². The number of nitrogens with one attached hydrogen (secondary N) is 1. The lowest BCUT2D eigenvalue weighted by Gasteiger charge is -2.16. The zero-order valence-corrected chi connectivity index (χ0v) is 11.6. The highest BCUT2D eigenvalue weighted by Crippen LogP contribution is 2.24. The SMILES string of the molecule is CCNC(C)CC(C)Sc1nnc(C)n1C. The summed E-state index contributed by atoms with van der Waals surface area (Å²) in [5.41, 5.74) is 0. The Morgan fingerprint density at radius 1 is 1.38 bits per heavy atom. The highest BCUT2D eigenvalue weighted by molar-refractivity contribution is 7.99. The molecular weight excluding hydrogens is 220 g/mol. The van der Waals surface area contributed by atoms with Gasteiger partial charge < -0.3 is 9.88 Å². The number of aromatic nitrogens is 3. The summed E-state index contributed by atoms with van der Waals surface area (Å²) in [4.78, 5) is 0. The normalized spacial score (nSPS) is 15.1. The van der Waals surface area contributed by atoms with Crippen LogP contribution in [0, 0.1) is 6.92 Å². The van der Waals surface area contributed by atoms with Gasteiger partial charge in [0.2, 0.25) is 0 Å². The molecule has 1 aromatic rings. The van der Waals surface area contributed by atoms with Gasteiger partial charge >= 0.3 is 0 Å². The Bertz CT molecular complexity index is 324. The smallest absolute Gasteiger partial charge is 0.191 e. The standard InChI is InChI=1S/C11H22N4S/c1-6-12-8(2)7-9(3)16-11-14-13-10(4)15(11)5/h8-9,12H,6-7H2,1-5H3. The van der Waals surface area contributed by atoms with Gasteiger partial charge in [-0.2, -0.15) is 0 Å². The van der Waals surface area contributed by atoms with Crippen molar-refractivity contribution in [2.45, 2.75) is 50.6 Å². The number of nitrogens with zero attached hydrogens (tertiary/aromatic N) is 3. The van der Waals surface area contributed by atoms with Gasteiger partial charge in [-0.1, -0.05) is 25.6 Å². The van der Waals surface area contributed by atoms with Crippen molar-refractivity contribution in [3.05, 3.63) is 5.82 Å². The van der Waals surface area contributed by atoms with E-state index in [1.54, 1.807) is 11.8 Å². The van der Waals surface area contributed by atoms with Gasteiger partial charge in [0.1, 0.15) is 5.82 Å². The summed E-state index contributed by atoms with van der Waals surface area (Å²) in [6.45, 7) is 9.61. The quantitative estimate of drug-likeness (QED) is 0.775. The number of aryl methyl sites for hydroxylation is 1. The van der Waals surface area contributed by atoms with Crippen molar-refractivity contribution in [3.63, 3.8) is 0 Å². The Hall–Kier alpha value is -0.550. The van der Waals surface area contributed by atoms with Crippen LogP contribution in [0.3, 0.4) is 0 Å². The molecule has 0 bridgehead atoms. The molecule has 5 heteroatoms. The topological polar surface area (TPSA) is 42.7 Å². The summed E-state index contributed by atoms with van der Waals surface area (Å²) in [6, 6.07) is 0.557. The molecule has 0 amide bonds. The molecule has 0 aliphatic carbocycles. The second-order valence-electron chi connectivity index (χ2n) is 4.21. The molecule has 4 nitrogen and oxygen atoms in total. The lowest BCUT2D eigenvalue weighted by atomic mass is 10.2. The monoisotopic (exact) mass is 242 g/mol. The van der Waals surface area contributed by atoms with Gasteiger partial charge in [-0.3, -0.25) is 0 Å². The van der Waals surface area contributed by atoms with Crippen LogP contribution < -0.4 is 5.32 Å². The van der Waals surface area contributed by atoms with Crippen molar-refractivity contribution in [2.24, 2.45) is 7.05 Å². The van der Waals surface area contributed by atoms with Crippen LogP contribution in [0.1, 0.15) is 33.0 Å². The van der Waals surface area contributed by atoms with Crippen molar-refractivity contribution in [3.8, 4) is 0 Å². The summed E-state index contributed by atoms with van der Waals surface area (Å²) in [7, 11) is 2.01. The summed E-state index contributed by atoms with van der Waals surface area (Å²) in [5, 5.41) is 13.2.